The zero-order valence-corrected chi connectivity index (χ0v) is 9.73. The smallest absolute Gasteiger partial charge is 0.251 e. The van der Waals surface area contributed by atoms with E-state index in [0.29, 0.717) is 5.69 Å². The average molecular weight is 249 g/mol. The van der Waals surface area contributed by atoms with Gasteiger partial charge in [0.15, 0.2) is 0 Å². The first-order valence-electron chi connectivity index (χ1n) is 5.31. The third-order valence-corrected chi connectivity index (χ3v) is 1.99. The fraction of sp³-hybridized carbons (Fsp3) is 0.273. The Balaban J connectivity index is 2.81. The molecule has 1 atom stereocenters. The highest BCUT2D eigenvalue weighted by Crippen LogP contribution is 2.11. The summed E-state index contributed by atoms with van der Waals surface area (Å²) < 4.78 is 0. The van der Waals surface area contributed by atoms with Crippen molar-refractivity contribution in [3.8, 4) is 0 Å². The van der Waals surface area contributed by atoms with Gasteiger partial charge in [-0.25, -0.2) is 0 Å². The van der Waals surface area contributed by atoms with Crippen molar-refractivity contribution in [3.63, 3.8) is 0 Å². The van der Waals surface area contributed by atoms with Crippen molar-refractivity contribution in [3.05, 3.63) is 30.3 Å². The van der Waals surface area contributed by atoms with Gasteiger partial charge in [0.05, 0.1) is 18.8 Å². The lowest BCUT2D eigenvalue weighted by atomic mass is 10.3. The van der Waals surface area contributed by atoms with Crippen LogP contribution in [0.15, 0.2) is 45.6 Å². The summed E-state index contributed by atoms with van der Waals surface area (Å²) in [6, 6.07) is 7.75. The lowest BCUT2D eigenvalue weighted by Gasteiger charge is -2.06. The highest BCUT2D eigenvalue weighted by Gasteiger charge is 2.18. The van der Waals surface area contributed by atoms with Crippen LogP contribution in [-0.2, 0) is 4.79 Å². The van der Waals surface area contributed by atoms with Gasteiger partial charge in [0.2, 0.25) is 6.04 Å². The van der Waals surface area contributed by atoms with Crippen LogP contribution in [-0.4, -0.2) is 36.0 Å². The number of benzene rings is 1. The molecule has 7 nitrogen and oxygen atoms in total. The fourth-order valence-electron chi connectivity index (χ4n) is 1.15. The van der Waals surface area contributed by atoms with Gasteiger partial charge in [-0.2, -0.15) is 10.2 Å². The number of amides is 1. The van der Waals surface area contributed by atoms with E-state index in [0.717, 1.165) is 0 Å². The van der Waals surface area contributed by atoms with Crippen molar-refractivity contribution < 1.29 is 9.90 Å². The van der Waals surface area contributed by atoms with E-state index in [1.54, 1.807) is 24.3 Å². The average Bonchev–Trinajstić information content (AvgIpc) is 2.37. The van der Waals surface area contributed by atoms with Gasteiger partial charge in [-0.1, -0.05) is 18.2 Å². The summed E-state index contributed by atoms with van der Waals surface area (Å²) in [6.45, 7) is -0.0710. The number of hydrogen-bond donors (Lipinski definition) is 3. The molecule has 0 radical (unpaired) electrons. The summed E-state index contributed by atoms with van der Waals surface area (Å²) >= 11 is 0. The summed E-state index contributed by atoms with van der Waals surface area (Å²) in [4.78, 5) is 14.9. The van der Waals surface area contributed by atoms with E-state index in [2.05, 4.69) is 15.2 Å². The second-order valence-corrected chi connectivity index (χ2v) is 3.39. The number of primary amides is 1. The molecule has 5 N–H and O–H groups in total. The molecule has 1 rings (SSSR count). The SMILES string of the molecule is NC(=O)C(N=Nc1ccccc1)C(N)=NCCO. The molecule has 1 unspecified atom stereocenters. The summed E-state index contributed by atoms with van der Waals surface area (Å²) in [7, 11) is 0. The predicted octanol–water partition coefficient (Wildman–Crippen LogP) is -0.0263. The summed E-state index contributed by atoms with van der Waals surface area (Å²) in [5.41, 5.74) is 11.3. The molecule has 1 aromatic carbocycles. The molecule has 0 bridgehead atoms. The molecule has 0 heterocycles. The number of azo groups is 1. The molecule has 0 aromatic heterocycles. The Hall–Kier alpha value is -2.28. The summed E-state index contributed by atoms with van der Waals surface area (Å²) in [6.07, 6.45) is 0. The second-order valence-electron chi connectivity index (χ2n) is 3.39. The lowest BCUT2D eigenvalue weighted by molar-refractivity contribution is -0.117. The number of aliphatic hydroxyl groups excluding tert-OH is 1. The van der Waals surface area contributed by atoms with Gasteiger partial charge in [0.1, 0.15) is 5.84 Å². The number of rotatable bonds is 6. The summed E-state index contributed by atoms with van der Waals surface area (Å²) in [5, 5.41) is 16.2. The van der Waals surface area contributed by atoms with E-state index >= 15 is 0 Å². The van der Waals surface area contributed by atoms with Crippen LogP contribution in [0.1, 0.15) is 0 Å². The normalized spacial score (nSPS) is 13.7. The lowest BCUT2D eigenvalue weighted by Crippen LogP contribution is -2.39. The zero-order chi connectivity index (χ0) is 13.4. The van der Waals surface area contributed by atoms with Crippen LogP contribution in [0.5, 0.6) is 0 Å². The number of hydrogen-bond acceptors (Lipinski definition) is 5. The van der Waals surface area contributed by atoms with Crippen molar-refractivity contribution in [1.29, 1.82) is 0 Å². The molecule has 0 aliphatic carbocycles. The monoisotopic (exact) mass is 249 g/mol. The molecule has 0 spiro atoms. The molecule has 1 aromatic rings. The van der Waals surface area contributed by atoms with Crippen LogP contribution in [0.2, 0.25) is 0 Å². The third kappa shape index (κ3) is 4.30. The largest absolute Gasteiger partial charge is 0.394 e. The molecule has 96 valence electrons. The van der Waals surface area contributed by atoms with Crippen LogP contribution in [0.4, 0.5) is 5.69 Å². The van der Waals surface area contributed by atoms with Crippen LogP contribution in [0.3, 0.4) is 0 Å². The van der Waals surface area contributed by atoms with E-state index in [-0.39, 0.29) is 19.0 Å². The molecule has 0 fully saturated rings. The topological polar surface area (TPSA) is 126 Å². The van der Waals surface area contributed by atoms with E-state index in [1.807, 2.05) is 6.07 Å². The molecule has 0 saturated heterocycles. The number of nitrogens with zero attached hydrogens (tertiary/aromatic N) is 3. The maximum Gasteiger partial charge on any atom is 0.251 e. The molecule has 1 amide bonds. The molecule has 0 aliphatic rings. The van der Waals surface area contributed by atoms with Gasteiger partial charge in [0.25, 0.3) is 5.91 Å². The van der Waals surface area contributed by atoms with E-state index < -0.39 is 11.9 Å². The van der Waals surface area contributed by atoms with Crippen molar-refractivity contribution in [2.45, 2.75) is 6.04 Å². The first-order chi connectivity index (χ1) is 8.65. The Morgan fingerprint density at radius 1 is 1.28 bits per heavy atom. The number of carbonyl (C=O) groups excluding carboxylic acids is 1. The van der Waals surface area contributed by atoms with Gasteiger partial charge in [-0.3, -0.25) is 9.79 Å². The Labute approximate surface area is 104 Å². The van der Waals surface area contributed by atoms with Crippen molar-refractivity contribution in [2.24, 2.45) is 26.7 Å². The molecular weight excluding hydrogens is 234 g/mol. The van der Waals surface area contributed by atoms with Crippen LogP contribution < -0.4 is 11.5 Å². The first-order valence-corrected chi connectivity index (χ1v) is 5.31. The number of carbonyl (C=O) groups is 1. The van der Waals surface area contributed by atoms with Crippen molar-refractivity contribution in [1.82, 2.24) is 0 Å². The molecule has 0 saturated carbocycles. The van der Waals surface area contributed by atoms with E-state index in [4.69, 9.17) is 16.6 Å². The van der Waals surface area contributed by atoms with Crippen LogP contribution in [0, 0.1) is 0 Å². The number of amidine groups is 1. The Morgan fingerprint density at radius 3 is 2.50 bits per heavy atom. The summed E-state index contributed by atoms with van der Waals surface area (Å²) in [5.74, 6) is -0.801. The highest BCUT2D eigenvalue weighted by atomic mass is 16.3. The van der Waals surface area contributed by atoms with Crippen molar-refractivity contribution >= 4 is 17.4 Å². The minimum atomic E-state index is -1.11. The second kappa shape index (κ2) is 7.13. The van der Waals surface area contributed by atoms with Gasteiger partial charge in [0, 0.05) is 0 Å². The van der Waals surface area contributed by atoms with Crippen molar-refractivity contribution in [2.75, 3.05) is 13.2 Å². The quantitative estimate of drug-likeness (QED) is 0.372. The molecule has 7 heteroatoms. The molecule has 0 aliphatic heterocycles. The van der Waals surface area contributed by atoms with Crippen LogP contribution >= 0.6 is 0 Å². The van der Waals surface area contributed by atoms with Crippen LogP contribution in [0.25, 0.3) is 0 Å². The number of aliphatic imine (C=N–C) groups is 1. The van der Waals surface area contributed by atoms with Gasteiger partial charge in [-0.15, -0.1) is 0 Å². The predicted molar refractivity (Wildman–Crippen MR) is 67.5 cm³/mol. The molecule has 18 heavy (non-hydrogen) atoms. The highest BCUT2D eigenvalue weighted by molar-refractivity contribution is 6.05. The fourth-order valence-corrected chi connectivity index (χ4v) is 1.15. The zero-order valence-electron chi connectivity index (χ0n) is 9.73. The first kappa shape index (κ1) is 13.8. The number of nitrogens with two attached hydrogens (primary N) is 2. The minimum absolute atomic E-state index is 0.0590. The standard InChI is InChI=1S/C11H15N5O2/c12-10(14-6-7-17)9(11(13)18)16-15-8-4-2-1-3-5-8/h1-5,9,17H,6-7H2,(H2,12,14)(H2,13,18). The maximum atomic E-state index is 11.2. The van der Waals surface area contributed by atoms with Gasteiger partial charge in [-0.05, 0) is 12.1 Å². The third-order valence-electron chi connectivity index (χ3n) is 1.99. The number of aliphatic hydroxyl groups is 1. The Kier molecular flexibility index (Phi) is 5.46. The maximum absolute atomic E-state index is 11.2. The minimum Gasteiger partial charge on any atom is -0.394 e. The Bertz CT molecular complexity index is 444. The van der Waals surface area contributed by atoms with Gasteiger partial charge >= 0.3 is 0 Å². The van der Waals surface area contributed by atoms with E-state index in [1.165, 1.54) is 0 Å². The molecular formula is C11H15N5O2. The van der Waals surface area contributed by atoms with Gasteiger partial charge < -0.3 is 16.6 Å². The van der Waals surface area contributed by atoms with E-state index in [9.17, 15) is 4.79 Å². The Morgan fingerprint density at radius 2 is 1.94 bits per heavy atom.